The number of hydrogen-bond donors (Lipinski definition) is 1. The number of thiophene rings is 1. The Labute approximate surface area is 123 Å². The van der Waals surface area contributed by atoms with Gasteiger partial charge in [-0.2, -0.15) is 0 Å². The van der Waals surface area contributed by atoms with Gasteiger partial charge in [0.2, 0.25) is 0 Å². The molecule has 0 aliphatic rings. The first kappa shape index (κ1) is 14.2. The third-order valence-electron chi connectivity index (χ3n) is 2.80. The van der Waals surface area contributed by atoms with Crippen molar-refractivity contribution in [3.8, 4) is 0 Å². The van der Waals surface area contributed by atoms with Gasteiger partial charge in [-0.15, -0.1) is 11.3 Å². The van der Waals surface area contributed by atoms with Crippen LogP contribution in [-0.2, 0) is 0 Å². The Hall–Kier alpha value is -1.20. The van der Waals surface area contributed by atoms with Crippen molar-refractivity contribution in [1.29, 1.82) is 0 Å². The van der Waals surface area contributed by atoms with Crippen molar-refractivity contribution in [1.82, 2.24) is 5.32 Å². The Morgan fingerprint density at radius 2 is 2.21 bits per heavy atom. The van der Waals surface area contributed by atoms with Crippen LogP contribution >= 0.6 is 27.3 Å². The second-order valence-corrected chi connectivity index (χ2v) is 5.82. The van der Waals surface area contributed by atoms with Gasteiger partial charge in [0.25, 0.3) is 5.91 Å². The van der Waals surface area contributed by atoms with E-state index in [-0.39, 0.29) is 16.4 Å². The number of carbonyl (C=O) groups excluding carboxylic acids is 1. The summed E-state index contributed by atoms with van der Waals surface area (Å²) in [7, 11) is 0. The number of hydrogen-bond acceptors (Lipinski definition) is 2. The molecule has 2 aromatic rings. The number of nitrogens with one attached hydrogen (secondary N) is 1. The van der Waals surface area contributed by atoms with E-state index in [9.17, 15) is 9.18 Å². The van der Waals surface area contributed by atoms with Crippen molar-refractivity contribution in [3.05, 3.63) is 56.4 Å². The molecule has 19 heavy (non-hydrogen) atoms. The first-order valence-corrected chi connectivity index (χ1v) is 7.59. The van der Waals surface area contributed by atoms with E-state index >= 15 is 0 Å². The molecule has 1 heterocycles. The zero-order valence-electron chi connectivity index (χ0n) is 10.3. The minimum absolute atomic E-state index is 0.0392. The smallest absolute Gasteiger partial charge is 0.253 e. The Bertz CT molecular complexity index is 571. The molecule has 2 rings (SSSR count). The molecule has 1 amide bonds. The molecule has 2 nitrogen and oxygen atoms in total. The topological polar surface area (TPSA) is 29.1 Å². The van der Waals surface area contributed by atoms with Crippen LogP contribution in [0.15, 0.2) is 40.2 Å². The van der Waals surface area contributed by atoms with Crippen molar-refractivity contribution < 1.29 is 9.18 Å². The molecule has 100 valence electrons. The summed E-state index contributed by atoms with van der Waals surface area (Å²) in [6, 6.07) is 8.34. The van der Waals surface area contributed by atoms with Gasteiger partial charge < -0.3 is 5.32 Å². The van der Waals surface area contributed by atoms with Gasteiger partial charge in [0.1, 0.15) is 5.82 Å². The lowest BCUT2D eigenvalue weighted by Crippen LogP contribution is -2.28. The summed E-state index contributed by atoms with van der Waals surface area (Å²) in [6.45, 7) is 2.01. The molecule has 1 N–H and O–H groups in total. The lowest BCUT2D eigenvalue weighted by atomic mass is 10.1. The maximum atomic E-state index is 13.4. The van der Waals surface area contributed by atoms with E-state index in [0.29, 0.717) is 5.56 Å². The zero-order valence-corrected chi connectivity index (χ0v) is 12.7. The van der Waals surface area contributed by atoms with E-state index in [1.54, 1.807) is 17.4 Å². The molecule has 0 saturated carbocycles. The standard InChI is InChI=1S/C14H13BrFNOS/c1-2-11(12-7-4-8-19-12)17-14(18)9-5-3-6-10(16)13(9)15/h3-8,11H,2H2,1H3,(H,17,18). The summed E-state index contributed by atoms with van der Waals surface area (Å²) < 4.78 is 13.6. The van der Waals surface area contributed by atoms with Crippen LogP contribution < -0.4 is 5.32 Å². The maximum absolute atomic E-state index is 13.4. The molecule has 1 atom stereocenters. The summed E-state index contributed by atoms with van der Waals surface area (Å²) in [5, 5.41) is 4.90. The van der Waals surface area contributed by atoms with Gasteiger partial charge in [-0.05, 0) is 45.9 Å². The predicted octanol–water partition coefficient (Wildman–Crippen LogP) is 4.53. The molecular formula is C14H13BrFNOS. The Balaban J connectivity index is 2.18. The Kier molecular flexibility index (Phi) is 4.71. The number of benzene rings is 1. The van der Waals surface area contributed by atoms with Crippen LogP contribution in [0.25, 0.3) is 0 Å². The largest absolute Gasteiger partial charge is 0.344 e. The average Bonchev–Trinajstić information content (AvgIpc) is 2.92. The SMILES string of the molecule is CCC(NC(=O)c1cccc(F)c1Br)c1cccs1. The predicted molar refractivity (Wildman–Crippen MR) is 78.9 cm³/mol. The molecule has 0 radical (unpaired) electrons. The van der Waals surface area contributed by atoms with Crippen molar-refractivity contribution in [2.75, 3.05) is 0 Å². The zero-order chi connectivity index (χ0) is 13.8. The molecule has 1 unspecified atom stereocenters. The fourth-order valence-electron chi connectivity index (χ4n) is 1.78. The van der Waals surface area contributed by atoms with Gasteiger partial charge in [-0.1, -0.05) is 19.1 Å². The molecule has 0 bridgehead atoms. The molecule has 1 aromatic carbocycles. The second-order valence-electron chi connectivity index (χ2n) is 4.05. The van der Waals surface area contributed by atoms with E-state index in [2.05, 4.69) is 21.2 Å². The number of carbonyl (C=O) groups is 1. The van der Waals surface area contributed by atoms with Crippen LogP contribution in [0.5, 0.6) is 0 Å². The van der Waals surface area contributed by atoms with Crippen molar-refractivity contribution in [2.24, 2.45) is 0 Å². The molecule has 0 spiro atoms. The van der Waals surface area contributed by atoms with Gasteiger partial charge in [0.15, 0.2) is 0 Å². The number of amides is 1. The Morgan fingerprint density at radius 1 is 1.42 bits per heavy atom. The van der Waals surface area contributed by atoms with E-state index in [1.165, 1.54) is 12.1 Å². The quantitative estimate of drug-likeness (QED) is 0.869. The van der Waals surface area contributed by atoms with E-state index in [1.807, 2.05) is 24.4 Å². The second kappa shape index (κ2) is 6.30. The van der Waals surface area contributed by atoms with Crippen LogP contribution in [-0.4, -0.2) is 5.91 Å². The normalized spacial score (nSPS) is 12.2. The molecule has 0 aliphatic heterocycles. The van der Waals surface area contributed by atoms with Crippen LogP contribution in [0.3, 0.4) is 0 Å². The molecular weight excluding hydrogens is 329 g/mol. The van der Waals surface area contributed by atoms with E-state index < -0.39 is 5.82 Å². The minimum atomic E-state index is -0.433. The van der Waals surface area contributed by atoms with E-state index in [4.69, 9.17) is 0 Å². The first-order valence-electron chi connectivity index (χ1n) is 5.91. The van der Waals surface area contributed by atoms with E-state index in [0.717, 1.165) is 11.3 Å². The molecule has 0 aliphatic carbocycles. The van der Waals surface area contributed by atoms with Crippen LogP contribution in [0.1, 0.15) is 34.6 Å². The van der Waals surface area contributed by atoms with Crippen LogP contribution in [0.4, 0.5) is 4.39 Å². The van der Waals surface area contributed by atoms with Crippen molar-refractivity contribution in [2.45, 2.75) is 19.4 Å². The van der Waals surface area contributed by atoms with Crippen molar-refractivity contribution >= 4 is 33.2 Å². The van der Waals surface area contributed by atoms with Gasteiger partial charge in [0, 0.05) is 4.88 Å². The fourth-order valence-corrected chi connectivity index (χ4v) is 3.08. The summed E-state index contributed by atoms with van der Waals surface area (Å²) in [5.74, 6) is -0.705. The Morgan fingerprint density at radius 3 is 2.84 bits per heavy atom. The number of rotatable bonds is 4. The minimum Gasteiger partial charge on any atom is -0.344 e. The van der Waals surface area contributed by atoms with Crippen LogP contribution in [0.2, 0.25) is 0 Å². The average molecular weight is 342 g/mol. The molecule has 0 saturated heterocycles. The summed E-state index contributed by atoms with van der Waals surface area (Å²) in [4.78, 5) is 13.3. The van der Waals surface area contributed by atoms with Crippen molar-refractivity contribution in [3.63, 3.8) is 0 Å². The molecule has 5 heteroatoms. The highest BCUT2D eigenvalue weighted by Crippen LogP contribution is 2.24. The summed E-state index contributed by atoms with van der Waals surface area (Å²) in [6.07, 6.45) is 0.791. The first-order chi connectivity index (χ1) is 9.13. The fraction of sp³-hybridized carbons (Fsp3) is 0.214. The highest BCUT2D eigenvalue weighted by atomic mass is 79.9. The lowest BCUT2D eigenvalue weighted by molar-refractivity contribution is 0.0935. The van der Waals surface area contributed by atoms with Gasteiger partial charge >= 0.3 is 0 Å². The molecule has 0 fully saturated rings. The van der Waals surface area contributed by atoms with Gasteiger partial charge in [-0.3, -0.25) is 4.79 Å². The lowest BCUT2D eigenvalue weighted by Gasteiger charge is -2.16. The highest BCUT2D eigenvalue weighted by molar-refractivity contribution is 9.10. The van der Waals surface area contributed by atoms with Gasteiger partial charge in [-0.25, -0.2) is 4.39 Å². The molecule has 1 aromatic heterocycles. The van der Waals surface area contributed by atoms with Crippen LogP contribution in [0, 0.1) is 5.82 Å². The summed E-state index contributed by atoms with van der Waals surface area (Å²) >= 11 is 4.71. The summed E-state index contributed by atoms with van der Waals surface area (Å²) in [5.41, 5.74) is 0.315. The van der Waals surface area contributed by atoms with Gasteiger partial charge in [0.05, 0.1) is 16.1 Å². The monoisotopic (exact) mass is 341 g/mol. The highest BCUT2D eigenvalue weighted by Gasteiger charge is 2.18. The third-order valence-corrected chi connectivity index (χ3v) is 4.59. The maximum Gasteiger partial charge on any atom is 0.253 e. The third kappa shape index (κ3) is 3.22. The number of halogens is 2.